The lowest BCUT2D eigenvalue weighted by Crippen LogP contribution is -1.89. The lowest BCUT2D eigenvalue weighted by atomic mass is 10.3. The van der Waals surface area contributed by atoms with Gasteiger partial charge >= 0.3 is 0 Å². The smallest absolute Gasteiger partial charge is 0.213 e. The maximum Gasteiger partial charge on any atom is 0.213 e. The van der Waals surface area contributed by atoms with Crippen molar-refractivity contribution in [1.29, 1.82) is 0 Å². The minimum atomic E-state index is -0.205. The Labute approximate surface area is 58.0 Å². The standard InChI is InChI=1S/C7H7NO2/c1-5-2-3-6(9)4-8-7(5)10/h2-4,10H,1H3. The van der Waals surface area contributed by atoms with Crippen molar-refractivity contribution in [3.05, 3.63) is 34.1 Å². The Kier molecular flexibility index (Phi) is 1.67. The van der Waals surface area contributed by atoms with Crippen LogP contribution in [0, 0.1) is 6.92 Å². The summed E-state index contributed by atoms with van der Waals surface area (Å²) in [6.45, 7) is 1.68. The maximum absolute atomic E-state index is 10.6. The number of aromatic nitrogens is 1. The molecule has 0 saturated carbocycles. The van der Waals surface area contributed by atoms with Crippen molar-refractivity contribution >= 4 is 0 Å². The fraction of sp³-hybridized carbons (Fsp3) is 0.143. The van der Waals surface area contributed by atoms with Crippen LogP contribution in [0.5, 0.6) is 5.88 Å². The van der Waals surface area contributed by atoms with E-state index in [-0.39, 0.29) is 11.3 Å². The third-order valence-electron chi connectivity index (χ3n) is 1.16. The first-order valence-electron chi connectivity index (χ1n) is 2.86. The summed E-state index contributed by atoms with van der Waals surface area (Å²) in [5, 5.41) is 8.95. The highest BCUT2D eigenvalue weighted by molar-refractivity contribution is 5.20. The molecule has 1 aromatic rings. The van der Waals surface area contributed by atoms with Crippen molar-refractivity contribution < 1.29 is 5.11 Å². The van der Waals surface area contributed by atoms with Gasteiger partial charge in [-0.2, -0.15) is 0 Å². The van der Waals surface area contributed by atoms with E-state index in [9.17, 15) is 4.79 Å². The number of aryl methyl sites for hydroxylation is 1. The van der Waals surface area contributed by atoms with Gasteiger partial charge in [-0.3, -0.25) is 4.79 Å². The Hall–Kier alpha value is -1.38. The summed E-state index contributed by atoms with van der Waals surface area (Å²) in [4.78, 5) is 14.1. The molecule has 0 bridgehead atoms. The fourth-order valence-electron chi connectivity index (χ4n) is 0.551. The molecule has 0 aliphatic heterocycles. The van der Waals surface area contributed by atoms with E-state index in [1.807, 2.05) is 0 Å². The van der Waals surface area contributed by atoms with Gasteiger partial charge in [0, 0.05) is 5.56 Å². The van der Waals surface area contributed by atoms with Crippen LogP contribution in [-0.2, 0) is 0 Å². The van der Waals surface area contributed by atoms with Crippen LogP contribution in [0.2, 0.25) is 0 Å². The molecule has 1 rings (SSSR count). The quantitative estimate of drug-likeness (QED) is 0.565. The topological polar surface area (TPSA) is 50.2 Å². The van der Waals surface area contributed by atoms with E-state index in [0.29, 0.717) is 5.56 Å². The number of hydrogen-bond acceptors (Lipinski definition) is 3. The average molecular weight is 137 g/mol. The van der Waals surface area contributed by atoms with Crippen LogP contribution in [0.25, 0.3) is 0 Å². The SMILES string of the molecule is Cc1ccc(=O)cnc1O. The minimum Gasteiger partial charge on any atom is -0.493 e. The van der Waals surface area contributed by atoms with Gasteiger partial charge in [0.15, 0.2) is 5.43 Å². The molecule has 1 heterocycles. The van der Waals surface area contributed by atoms with Crippen molar-refractivity contribution in [3.8, 4) is 5.88 Å². The van der Waals surface area contributed by atoms with Gasteiger partial charge in [-0.1, -0.05) is 6.07 Å². The van der Waals surface area contributed by atoms with E-state index in [2.05, 4.69) is 4.98 Å². The molecule has 3 nitrogen and oxygen atoms in total. The molecular weight excluding hydrogens is 130 g/mol. The number of aromatic hydroxyl groups is 1. The predicted octanol–water partition coefficient (Wildman–Crippen LogP) is 0.456. The number of hydrogen-bond donors (Lipinski definition) is 1. The summed E-state index contributed by atoms with van der Waals surface area (Å²) in [6.07, 6.45) is 1.09. The van der Waals surface area contributed by atoms with Gasteiger partial charge in [-0.05, 0) is 13.0 Å². The molecule has 1 N–H and O–H groups in total. The highest BCUT2D eigenvalue weighted by atomic mass is 16.3. The van der Waals surface area contributed by atoms with Crippen molar-refractivity contribution in [2.24, 2.45) is 0 Å². The molecule has 0 unspecified atom stereocenters. The highest BCUT2D eigenvalue weighted by Crippen LogP contribution is 2.05. The van der Waals surface area contributed by atoms with Crippen LogP contribution < -0.4 is 5.43 Å². The molecule has 1 aromatic heterocycles. The number of nitrogens with zero attached hydrogens (tertiary/aromatic N) is 1. The van der Waals surface area contributed by atoms with E-state index in [4.69, 9.17) is 5.11 Å². The van der Waals surface area contributed by atoms with Crippen LogP contribution in [0.1, 0.15) is 5.56 Å². The molecule has 0 atom stereocenters. The lowest BCUT2D eigenvalue weighted by molar-refractivity contribution is 0.450. The second kappa shape index (κ2) is 2.47. The molecule has 0 spiro atoms. The average Bonchev–Trinajstić information content (AvgIpc) is 2.04. The first-order valence-corrected chi connectivity index (χ1v) is 2.86. The summed E-state index contributed by atoms with van der Waals surface area (Å²) < 4.78 is 0. The summed E-state index contributed by atoms with van der Waals surface area (Å²) in [5.41, 5.74) is 0.394. The maximum atomic E-state index is 10.6. The van der Waals surface area contributed by atoms with Gasteiger partial charge in [0.2, 0.25) is 5.88 Å². The van der Waals surface area contributed by atoms with Crippen molar-refractivity contribution in [1.82, 2.24) is 4.98 Å². The summed E-state index contributed by atoms with van der Waals surface area (Å²) in [6, 6.07) is 2.90. The molecule has 10 heavy (non-hydrogen) atoms. The largest absolute Gasteiger partial charge is 0.493 e. The van der Waals surface area contributed by atoms with Gasteiger partial charge in [0.1, 0.15) is 0 Å². The van der Waals surface area contributed by atoms with Crippen LogP contribution in [0.3, 0.4) is 0 Å². The Bertz CT molecular complexity index is 268. The van der Waals surface area contributed by atoms with Crippen LogP contribution in [0.15, 0.2) is 23.1 Å². The van der Waals surface area contributed by atoms with Crippen LogP contribution in [-0.4, -0.2) is 10.1 Å². The zero-order chi connectivity index (χ0) is 7.56. The van der Waals surface area contributed by atoms with Gasteiger partial charge in [-0.25, -0.2) is 4.98 Å². The molecule has 0 radical (unpaired) electrons. The van der Waals surface area contributed by atoms with E-state index in [0.717, 1.165) is 6.20 Å². The van der Waals surface area contributed by atoms with E-state index >= 15 is 0 Å². The summed E-state index contributed by atoms with van der Waals surface area (Å²) in [7, 11) is 0. The van der Waals surface area contributed by atoms with Gasteiger partial charge in [0.05, 0.1) is 6.20 Å². The summed E-state index contributed by atoms with van der Waals surface area (Å²) in [5.74, 6) is -0.0953. The Balaban J connectivity index is 3.42. The third kappa shape index (κ3) is 1.31. The molecule has 0 aliphatic carbocycles. The molecule has 0 aromatic carbocycles. The molecule has 52 valence electrons. The molecule has 0 amide bonds. The van der Waals surface area contributed by atoms with Gasteiger partial charge in [-0.15, -0.1) is 0 Å². The molecule has 0 saturated heterocycles. The predicted molar refractivity (Wildman–Crippen MR) is 36.9 cm³/mol. The van der Waals surface area contributed by atoms with Gasteiger partial charge < -0.3 is 5.11 Å². The second-order valence-corrected chi connectivity index (χ2v) is 2.00. The molecule has 0 fully saturated rings. The molecule has 0 aliphatic rings. The first-order chi connectivity index (χ1) is 4.70. The van der Waals surface area contributed by atoms with E-state index < -0.39 is 0 Å². The van der Waals surface area contributed by atoms with Crippen molar-refractivity contribution in [2.75, 3.05) is 0 Å². The molecule has 3 heteroatoms. The Morgan fingerprint density at radius 1 is 1.50 bits per heavy atom. The monoisotopic (exact) mass is 137 g/mol. The van der Waals surface area contributed by atoms with Crippen molar-refractivity contribution in [3.63, 3.8) is 0 Å². The third-order valence-corrected chi connectivity index (χ3v) is 1.16. The van der Waals surface area contributed by atoms with Crippen molar-refractivity contribution in [2.45, 2.75) is 6.92 Å². The minimum absolute atomic E-state index is 0.0953. The van der Waals surface area contributed by atoms with Crippen LogP contribution in [0.4, 0.5) is 0 Å². The second-order valence-electron chi connectivity index (χ2n) is 2.00. The highest BCUT2D eigenvalue weighted by Gasteiger charge is 1.90. The van der Waals surface area contributed by atoms with E-state index in [1.165, 1.54) is 12.1 Å². The van der Waals surface area contributed by atoms with Crippen LogP contribution >= 0.6 is 0 Å². The normalized spacial score (nSPS) is 9.30. The lowest BCUT2D eigenvalue weighted by Gasteiger charge is -1.84. The zero-order valence-corrected chi connectivity index (χ0v) is 5.53. The fourth-order valence-corrected chi connectivity index (χ4v) is 0.551. The number of rotatable bonds is 0. The summed E-state index contributed by atoms with van der Waals surface area (Å²) >= 11 is 0. The zero-order valence-electron chi connectivity index (χ0n) is 5.53. The van der Waals surface area contributed by atoms with Gasteiger partial charge in [0.25, 0.3) is 0 Å². The first kappa shape index (κ1) is 6.74. The Morgan fingerprint density at radius 2 is 2.20 bits per heavy atom. The molecular formula is C7H7NO2. The van der Waals surface area contributed by atoms with E-state index in [1.54, 1.807) is 6.92 Å². The Morgan fingerprint density at radius 3 is 2.90 bits per heavy atom.